The summed E-state index contributed by atoms with van der Waals surface area (Å²) in [6.07, 6.45) is 0.0526. The summed E-state index contributed by atoms with van der Waals surface area (Å²) in [6, 6.07) is 12.6. The first kappa shape index (κ1) is 28.0. The third kappa shape index (κ3) is 9.54. The standard InChI is InChI=1S/C15H20FNO3.C10H12FNO.ClH/c1-15(2,3)20-14(18)17-8-13(9-17)19-10-11-4-6-12(16)7-5-11;11-9-3-1-8(2-4-9)7-13-10-5-12-6-10;/h4-7,13H,8-10H2,1-3H3;1-4,10,12H,5-7H2;1H. The summed E-state index contributed by atoms with van der Waals surface area (Å²) in [5.41, 5.74) is 1.47. The number of nitrogens with zero attached hydrogens (tertiary/aromatic N) is 1. The van der Waals surface area contributed by atoms with E-state index in [-0.39, 0.29) is 36.2 Å². The van der Waals surface area contributed by atoms with Crippen molar-refractivity contribution in [3.05, 3.63) is 71.3 Å². The van der Waals surface area contributed by atoms with Crippen molar-refractivity contribution in [3.8, 4) is 0 Å². The maximum absolute atomic E-state index is 12.7. The summed E-state index contributed by atoms with van der Waals surface area (Å²) >= 11 is 0. The van der Waals surface area contributed by atoms with Crippen molar-refractivity contribution in [1.29, 1.82) is 0 Å². The second-order valence-corrected chi connectivity index (χ2v) is 9.16. The molecule has 1 N–H and O–H groups in total. The van der Waals surface area contributed by atoms with Crippen LogP contribution >= 0.6 is 12.4 Å². The lowest BCUT2D eigenvalue weighted by Gasteiger charge is -2.39. The highest BCUT2D eigenvalue weighted by molar-refractivity contribution is 5.85. The highest BCUT2D eigenvalue weighted by Gasteiger charge is 2.34. The SMILES string of the molecule is CC(C)(C)OC(=O)N1CC(OCc2ccc(F)cc2)C1.Cl.Fc1ccc(COC2CNC2)cc1. The lowest BCUT2D eigenvalue weighted by atomic mass is 10.1. The van der Waals surface area contributed by atoms with Crippen LogP contribution in [0.15, 0.2) is 48.5 Å². The molecule has 0 saturated carbocycles. The van der Waals surface area contributed by atoms with Crippen molar-refractivity contribution < 1.29 is 27.8 Å². The number of halogens is 3. The molecule has 2 fully saturated rings. The van der Waals surface area contributed by atoms with Crippen molar-refractivity contribution in [1.82, 2.24) is 10.2 Å². The van der Waals surface area contributed by atoms with E-state index < -0.39 is 5.60 Å². The number of benzene rings is 2. The molecule has 2 aromatic carbocycles. The van der Waals surface area contributed by atoms with Crippen LogP contribution in [-0.2, 0) is 27.4 Å². The maximum Gasteiger partial charge on any atom is 0.410 e. The van der Waals surface area contributed by atoms with E-state index in [0.717, 1.165) is 24.2 Å². The van der Waals surface area contributed by atoms with Gasteiger partial charge >= 0.3 is 6.09 Å². The average molecular weight is 499 g/mol. The van der Waals surface area contributed by atoms with Gasteiger partial charge < -0.3 is 24.4 Å². The molecule has 9 heteroatoms. The van der Waals surface area contributed by atoms with Gasteiger partial charge in [-0.15, -0.1) is 12.4 Å². The second kappa shape index (κ2) is 13.0. The summed E-state index contributed by atoms with van der Waals surface area (Å²) in [5, 5.41) is 3.12. The van der Waals surface area contributed by atoms with E-state index in [1.165, 1.54) is 24.3 Å². The molecule has 0 atom stereocenters. The molecule has 0 unspecified atom stereocenters. The molecule has 2 heterocycles. The van der Waals surface area contributed by atoms with Crippen molar-refractivity contribution in [2.45, 2.75) is 51.8 Å². The topological polar surface area (TPSA) is 60.0 Å². The fraction of sp³-hybridized carbons (Fsp3) is 0.480. The molecule has 1 amide bonds. The van der Waals surface area contributed by atoms with Crippen LogP contribution in [0.2, 0.25) is 0 Å². The van der Waals surface area contributed by atoms with E-state index in [1.807, 2.05) is 20.8 Å². The molecule has 6 nitrogen and oxygen atoms in total. The normalized spacial score (nSPS) is 15.9. The van der Waals surface area contributed by atoms with Crippen molar-refractivity contribution in [2.75, 3.05) is 26.2 Å². The second-order valence-electron chi connectivity index (χ2n) is 9.16. The number of amides is 1. The minimum absolute atomic E-state index is 0. The molecule has 2 aromatic rings. The first-order valence-corrected chi connectivity index (χ1v) is 11.1. The zero-order valence-electron chi connectivity index (χ0n) is 19.8. The van der Waals surface area contributed by atoms with E-state index in [9.17, 15) is 13.6 Å². The molecule has 0 bridgehead atoms. The van der Waals surface area contributed by atoms with Gasteiger partial charge in [-0.05, 0) is 56.2 Å². The third-order valence-electron chi connectivity index (χ3n) is 5.04. The molecule has 2 aliphatic heterocycles. The van der Waals surface area contributed by atoms with Crippen LogP contribution in [0.4, 0.5) is 13.6 Å². The summed E-state index contributed by atoms with van der Waals surface area (Å²) in [6.45, 7) is 9.46. The molecular formula is C25H33ClF2N2O4. The Morgan fingerprint density at radius 2 is 1.32 bits per heavy atom. The minimum Gasteiger partial charge on any atom is -0.444 e. The van der Waals surface area contributed by atoms with Crippen molar-refractivity contribution in [2.24, 2.45) is 0 Å². The van der Waals surface area contributed by atoms with Gasteiger partial charge in [-0.2, -0.15) is 0 Å². The van der Waals surface area contributed by atoms with Gasteiger partial charge in [0.05, 0.1) is 38.5 Å². The molecule has 2 saturated heterocycles. The summed E-state index contributed by atoms with van der Waals surface area (Å²) in [4.78, 5) is 13.3. The van der Waals surface area contributed by atoms with Gasteiger partial charge in [0.2, 0.25) is 0 Å². The molecule has 0 spiro atoms. The predicted molar refractivity (Wildman–Crippen MR) is 128 cm³/mol. The predicted octanol–water partition coefficient (Wildman–Crippen LogP) is 4.70. The highest BCUT2D eigenvalue weighted by atomic mass is 35.5. The average Bonchev–Trinajstić information content (AvgIpc) is 2.67. The van der Waals surface area contributed by atoms with E-state index in [1.54, 1.807) is 29.2 Å². The van der Waals surface area contributed by atoms with Crippen LogP contribution in [0.25, 0.3) is 0 Å². The highest BCUT2D eigenvalue weighted by Crippen LogP contribution is 2.18. The number of ether oxygens (including phenoxy) is 3. The summed E-state index contributed by atoms with van der Waals surface area (Å²) in [5.74, 6) is -0.456. The first-order valence-electron chi connectivity index (χ1n) is 11.1. The number of nitrogens with one attached hydrogen (secondary N) is 1. The number of hydrogen-bond donors (Lipinski definition) is 1. The van der Waals surface area contributed by atoms with E-state index in [0.29, 0.717) is 32.4 Å². The lowest BCUT2D eigenvalue weighted by molar-refractivity contribution is -0.0691. The summed E-state index contributed by atoms with van der Waals surface area (Å²) in [7, 11) is 0. The van der Waals surface area contributed by atoms with Crippen molar-refractivity contribution >= 4 is 18.5 Å². The molecular weight excluding hydrogens is 466 g/mol. The Hall–Kier alpha value is -2.26. The molecule has 4 rings (SSSR count). The van der Waals surface area contributed by atoms with Gasteiger partial charge in [0.1, 0.15) is 17.2 Å². The van der Waals surface area contributed by atoms with Gasteiger partial charge in [0, 0.05) is 13.1 Å². The number of carbonyl (C=O) groups is 1. The number of likely N-dealkylation sites (tertiary alicyclic amines) is 1. The largest absolute Gasteiger partial charge is 0.444 e. The fourth-order valence-electron chi connectivity index (χ4n) is 2.99. The van der Waals surface area contributed by atoms with Crippen LogP contribution < -0.4 is 5.32 Å². The number of rotatable bonds is 6. The van der Waals surface area contributed by atoms with Gasteiger partial charge in [-0.25, -0.2) is 13.6 Å². The summed E-state index contributed by atoms with van der Waals surface area (Å²) < 4.78 is 41.7. The number of carbonyl (C=O) groups excluding carboxylic acids is 1. The Morgan fingerprint density at radius 1 is 0.882 bits per heavy atom. The molecule has 0 aromatic heterocycles. The van der Waals surface area contributed by atoms with E-state index in [2.05, 4.69) is 5.32 Å². The Bertz CT molecular complexity index is 881. The van der Waals surface area contributed by atoms with Gasteiger partial charge in [-0.3, -0.25) is 0 Å². The number of hydrogen-bond acceptors (Lipinski definition) is 5. The van der Waals surface area contributed by atoms with Crippen LogP contribution in [0.3, 0.4) is 0 Å². The molecule has 0 aliphatic carbocycles. The lowest BCUT2D eigenvalue weighted by Crippen LogP contribution is -2.55. The monoisotopic (exact) mass is 498 g/mol. The Morgan fingerprint density at radius 3 is 1.71 bits per heavy atom. The van der Waals surface area contributed by atoms with Gasteiger partial charge in [0.25, 0.3) is 0 Å². The van der Waals surface area contributed by atoms with Crippen molar-refractivity contribution in [3.63, 3.8) is 0 Å². The van der Waals surface area contributed by atoms with E-state index in [4.69, 9.17) is 14.2 Å². The fourth-order valence-corrected chi connectivity index (χ4v) is 2.99. The maximum atomic E-state index is 12.7. The zero-order valence-corrected chi connectivity index (χ0v) is 20.6. The van der Waals surface area contributed by atoms with Crippen LogP contribution in [-0.4, -0.2) is 55.0 Å². The third-order valence-corrected chi connectivity index (χ3v) is 5.04. The van der Waals surface area contributed by atoms with Crippen LogP contribution in [0, 0.1) is 11.6 Å². The van der Waals surface area contributed by atoms with Crippen LogP contribution in [0.5, 0.6) is 0 Å². The van der Waals surface area contributed by atoms with Gasteiger partial charge in [-0.1, -0.05) is 24.3 Å². The van der Waals surface area contributed by atoms with E-state index >= 15 is 0 Å². The Kier molecular flexibility index (Phi) is 10.7. The quantitative estimate of drug-likeness (QED) is 0.625. The van der Waals surface area contributed by atoms with Crippen LogP contribution in [0.1, 0.15) is 31.9 Å². The molecule has 34 heavy (non-hydrogen) atoms. The first-order chi connectivity index (χ1) is 15.7. The molecule has 2 aliphatic rings. The Labute approximate surface area is 206 Å². The minimum atomic E-state index is -0.475. The zero-order chi connectivity index (χ0) is 23.8. The Balaban J connectivity index is 0.000000253. The molecule has 0 radical (unpaired) electrons. The smallest absolute Gasteiger partial charge is 0.410 e. The molecule has 188 valence electrons. The van der Waals surface area contributed by atoms with Gasteiger partial charge in [0.15, 0.2) is 0 Å².